The maximum atomic E-state index is 14.4. The monoisotopic (exact) mass is 594 g/mol. The van der Waals surface area contributed by atoms with E-state index >= 15 is 0 Å². The van der Waals surface area contributed by atoms with Gasteiger partial charge in [-0.3, -0.25) is 14.6 Å². The molecule has 0 aliphatic carbocycles. The topological polar surface area (TPSA) is 92.3 Å². The number of hydrogen-bond donors (Lipinski definition) is 0. The number of aromatic nitrogens is 1. The second-order valence-corrected chi connectivity index (χ2v) is 13.0. The zero-order valence-corrected chi connectivity index (χ0v) is 23.9. The van der Waals surface area contributed by atoms with Gasteiger partial charge >= 0.3 is 0 Å². The first-order chi connectivity index (χ1) is 19.2. The number of ether oxygens (including phenoxy) is 2. The normalized spacial score (nSPS) is 18.6. The Morgan fingerprint density at radius 3 is 2.60 bits per heavy atom. The molecule has 3 aromatic rings. The van der Waals surface area contributed by atoms with Crippen molar-refractivity contribution in [3.05, 3.63) is 53.6 Å². The predicted octanol–water partition coefficient (Wildman–Crippen LogP) is 3.74. The molecule has 0 spiro atoms. The van der Waals surface area contributed by atoms with Gasteiger partial charge in [-0.1, -0.05) is 11.3 Å². The molecule has 0 radical (unpaired) electrons. The van der Waals surface area contributed by atoms with E-state index in [1.807, 2.05) is 0 Å². The van der Waals surface area contributed by atoms with Crippen molar-refractivity contribution in [2.24, 2.45) is 0 Å². The SMILES string of the molecule is CN(CC1CCCO1)S(=O)(=O)c1ccc(C(=O)N(CCCN2CCOCC2)c2nc3c(F)cc(F)cc3s2)cc1. The molecule has 2 aliphatic rings. The molecule has 0 bridgehead atoms. The van der Waals surface area contributed by atoms with Crippen molar-refractivity contribution in [1.29, 1.82) is 0 Å². The van der Waals surface area contributed by atoms with Crippen LogP contribution in [0.15, 0.2) is 41.3 Å². The largest absolute Gasteiger partial charge is 0.379 e. The molecule has 1 aromatic heterocycles. The van der Waals surface area contributed by atoms with Crippen molar-refractivity contribution < 1.29 is 31.5 Å². The highest BCUT2D eigenvalue weighted by atomic mass is 32.2. The summed E-state index contributed by atoms with van der Waals surface area (Å²) in [6.45, 7) is 4.84. The Balaban J connectivity index is 1.36. The maximum absolute atomic E-state index is 14.4. The fourth-order valence-electron chi connectivity index (χ4n) is 4.90. The average Bonchev–Trinajstić information content (AvgIpc) is 3.61. The van der Waals surface area contributed by atoms with Crippen LogP contribution >= 0.6 is 11.3 Å². The smallest absolute Gasteiger partial charge is 0.260 e. The quantitative estimate of drug-likeness (QED) is 0.353. The molecule has 2 fully saturated rings. The summed E-state index contributed by atoms with van der Waals surface area (Å²) in [6, 6.07) is 7.73. The number of morpholine rings is 1. The van der Waals surface area contributed by atoms with Crippen LogP contribution in [0.25, 0.3) is 10.2 Å². The lowest BCUT2D eigenvalue weighted by atomic mass is 10.2. The van der Waals surface area contributed by atoms with Crippen LogP contribution in [-0.2, 0) is 19.5 Å². The number of halogens is 2. The molecular formula is C27H32F2N4O5S2. The Morgan fingerprint density at radius 2 is 1.90 bits per heavy atom. The van der Waals surface area contributed by atoms with Gasteiger partial charge in [-0.05, 0) is 49.6 Å². The number of fused-ring (bicyclic) bond motifs is 1. The second kappa shape index (κ2) is 12.5. The van der Waals surface area contributed by atoms with Crippen LogP contribution in [0.1, 0.15) is 29.6 Å². The molecule has 13 heteroatoms. The molecule has 5 rings (SSSR count). The van der Waals surface area contributed by atoms with Crippen LogP contribution in [-0.4, -0.2) is 94.2 Å². The van der Waals surface area contributed by atoms with E-state index in [1.165, 1.54) is 46.6 Å². The number of carbonyl (C=O) groups is 1. The summed E-state index contributed by atoms with van der Waals surface area (Å²) in [4.78, 5) is 21.8. The number of rotatable bonds is 10. The summed E-state index contributed by atoms with van der Waals surface area (Å²) in [6.07, 6.45) is 2.23. The summed E-state index contributed by atoms with van der Waals surface area (Å²) in [5.74, 6) is -1.91. The third kappa shape index (κ3) is 6.50. The fourth-order valence-corrected chi connectivity index (χ4v) is 7.13. The van der Waals surface area contributed by atoms with Gasteiger partial charge in [0.15, 0.2) is 10.9 Å². The molecule has 0 N–H and O–H groups in total. The van der Waals surface area contributed by atoms with E-state index in [1.54, 1.807) is 0 Å². The average molecular weight is 595 g/mol. The fraction of sp³-hybridized carbons (Fsp3) is 0.481. The molecule has 0 saturated carbocycles. The van der Waals surface area contributed by atoms with Crippen LogP contribution < -0.4 is 4.90 Å². The predicted molar refractivity (Wildman–Crippen MR) is 148 cm³/mol. The number of thiazole rings is 1. The van der Waals surface area contributed by atoms with Crippen LogP contribution in [0.3, 0.4) is 0 Å². The third-order valence-electron chi connectivity index (χ3n) is 7.13. The number of hydrogen-bond acceptors (Lipinski definition) is 8. The number of carbonyl (C=O) groups excluding carboxylic acids is 1. The third-order valence-corrected chi connectivity index (χ3v) is 9.99. The van der Waals surface area contributed by atoms with Crippen molar-refractivity contribution in [2.75, 3.05) is 64.5 Å². The molecule has 2 aromatic carbocycles. The number of amides is 1. The number of sulfonamides is 1. The van der Waals surface area contributed by atoms with Crippen LogP contribution in [0, 0.1) is 11.6 Å². The summed E-state index contributed by atoms with van der Waals surface area (Å²) in [7, 11) is -2.25. The molecule has 216 valence electrons. The maximum Gasteiger partial charge on any atom is 0.260 e. The first-order valence-corrected chi connectivity index (χ1v) is 15.5. The van der Waals surface area contributed by atoms with Crippen molar-refractivity contribution in [1.82, 2.24) is 14.2 Å². The lowest BCUT2D eigenvalue weighted by molar-refractivity contribution is 0.0376. The Labute approximate surface area is 236 Å². The Hall–Kier alpha value is -2.55. The molecule has 1 unspecified atom stereocenters. The number of nitrogens with zero attached hydrogens (tertiary/aromatic N) is 4. The summed E-state index contributed by atoms with van der Waals surface area (Å²) in [5.41, 5.74) is 0.265. The highest BCUT2D eigenvalue weighted by Crippen LogP contribution is 2.32. The van der Waals surface area contributed by atoms with E-state index in [-0.39, 0.29) is 33.8 Å². The van der Waals surface area contributed by atoms with Gasteiger partial charge in [-0.15, -0.1) is 0 Å². The summed E-state index contributed by atoms with van der Waals surface area (Å²) < 4.78 is 67.0. The molecule has 1 atom stereocenters. The summed E-state index contributed by atoms with van der Waals surface area (Å²) in [5, 5.41) is 0.250. The highest BCUT2D eigenvalue weighted by molar-refractivity contribution is 7.89. The molecule has 1 amide bonds. The molecule has 40 heavy (non-hydrogen) atoms. The second-order valence-electron chi connectivity index (χ2n) is 9.94. The molecule has 3 heterocycles. The number of anilines is 1. The van der Waals surface area contributed by atoms with Gasteiger partial charge in [0, 0.05) is 58.0 Å². The zero-order chi connectivity index (χ0) is 28.3. The van der Waals surface area contributed by atoms with Gasteiger partial charge in [0.2, 0.25) is 10.0 Å². The standard InChI is InChI=1S/C27H32F2N4O5S2/c1-31(18-21-4-2-13-38-21)40(35,36)22-7-5-19(6-8-22)26(34)33(10-3-9-32-11-14-37-15-12-32)27-30-25-23(29)16-20(28)17-24(25)39-27/h5-8,16-17,21H,2-4,9-15,18H2,1H3. The van der Waals surface area contributed by atoms with Crippen molar-refractivity contribution in [3.63, 3.8) is 0 Å². The molecule has 9 nitrogen and oxygen atoms in total. The van der Waals surface area contributed by atoms with E-state index in [4.69, 9.17) is 9.47 Å². The van der Waals surface area contributed by atoms with Crippen LogP contribution in [0.5, 0.6) is 0 Å². The van der Waals surface area contributed by atoms with E-state index in [9.17, 15) is 22.0 Å². The van der Waals surface area contributed by atoms with Crippen LogP contribution in [0.2, 0.25) is 0 Å². The Bertz CT molecular complexity index is 1440. The minimum atomic E-state index is -3.77. The van der Waals surface area contributed by atoms with Crippen molar-refractivity contribution >= 4 is 42.6 Å². The van der Waals surface area contributed by atoms with E-state index in [2.05, 4.69) is 9.88 Å². The van der Waals surface area contributed by atoms with Gasteiger partial charge in [0.1, 0.15) is 11.3 Å². The van der Waals surface area contributed by atoms with E-state index in [0.29, 0.717) is 37.5 Å². The zero-order valence-electron chi connectivity index (χ0n) is 22.2. The van der Waals surface area contributed by atoms with E-state index < -0.39 is 27.6 Å². The molecular weight excluding hydrogens is 562 g/mol. The van der Waals surface area contributed by atoms with Gasteiger partial charge in [-0.25, -0.2) is 22.2 Å². The number of benzene rings is 2. The minimum Gasteiger partial charge on any atom is -0.379 e. The minimum absolute atomic E-state index is 0.00287. The summed E-state index contributed by atoms with van der Waals surface area (Å²) >= 11 is 1.03. The van der Waals surface area contributed by atoms with Crippen LogP contribution in [0.4, 0.5) is 13.9 Å². The molecule has 2 aliphatic heterocycles. The Morgan fingerprint density at radius 1 is 1.15 bits per heavy atom. The van der Waals surface area contributed by atoms with Gasteiger partial charge in [-0.2, -0.15) is 4.31 Å². The number of likely N-dealkylation sites (N-methyl/N-ethyl adjacent to an activating group) is 1. The van der Waals surface area contributed by atoms with Gasteiger partial charge in [0.05, 0.1) is 28.9 Å². The lowest BCUT2D eigenvalue weighted by Crippen LogP contribution is -2.39. The van der Waals surface area contributed by atoms with E-state index in [0.717, 1.165) is 49.9 Å². The van der Waals surface area contributed by atoms with Gasteiger partial charge < -0.3 is 9.47 Å². The van der Waals surface area contributed by atoms with Gasteiger partial charge in [0.25, 0.3) is 5.91 Å². The van der Waals surface area contributed by atoms with Crippen molar-refractivity contribution in [2.45, 2.75) is 30.3 Å². The Kier molecular flexibility index (Phi) is 9.08. The lowest BCUT2D eigenvalue weighted by Gasteiger charge is -2.27. The molecule has 2 saturated heterocycles. The highest BCUT2D eigenvalue weighted by Gasteiger charge is 2.27. The first-order valence-electron chi connectivity index (χ1n) is 13.3. The van der Waals surface area contributed by atoms with Crippen molar-refractivity contribution in [3.8, 4) is 0 Å². The first kappa shape index (κ1) is 29.0.